The summed E-state index contributed by atoms with van der Waals surface area (Å²) >= 11 is 11.4. The molecular weight excluding hydrogens is 263 g/mol. The lowest BCUT2D eigenvalue weighted by molar-refractivity contribution is 0.0697. The van der Waals surface area contributed by atoms with Gasteiger partial charge in [-0.05, 0) is 23.7 Å². The molecule has 1 heterocycles. The smallest absolute Gasteiger partial charge is 0.335 e. The lowest BCUT2D eigenvalue weighted by Gasteiger charge is -2.03. The van der Waals surface area contributed by atoms with Crippen LogP contribution in [0.1, 0.15) is 10.4 Å². The van der Waals surface area contributed by atoms with Gasteiger partial charge in [0, 0.05) is 11.6 Å². The highest BCUT2D eigenvalue weighted by atomic mass is 35.5. The fraction of sp³-hybridized carbons (Fsp3) is 0. The van der Waals surface area contributed by atoms with Gasteiger partial charge in [0.05, 0.1) is 11.3 Å². The van der Waals surface area contributed by atoms with Crippen molar-refractivity contribution >= 4 is 29.2 Å². The normalized spacial score (nSPS) is 10.2. The average Bonchev–Trinajstić information content (AvgIpc) is 2.28. The lowest BCUT2D eigenvalue weighted by Crippen LogP contribution is -1.96. The Hall–Kier alpha value is -1.65. The van der Waals surface area contributed by atoms with Crippen molar-refractivity contribution in [2.24, 2.45) is 0 Å². The van der Waals surface area contributed by atoms with Crippen LogP contribution in [0.3, 0.4) is 0 Å². The maximum atomic E-state index is 10.8. The zero-order chi connectivity index (χ0) is 12.4. The summed E-state index contributed by atoms with van der Waals surface area (Å²) in [5.41, 5.74) is 1.28. The first-order valence-electron chi connectivity index (χ1n) is 4.60. The fourth-order valence-corrected chi connectivity index (χ4v) is 1.76. The van der Waals surface area contributed by atoms with Crippen LogP contribution in [0.4, 0.5) is 0 Å². The molecule has 0 spiro atoms. The molecule has 1 N–H and O–H groups in total. The highest BCUT2D eigenvalue weighted by Gasteiger charge is 2.07. The van der Waals surface area contributed by atoms with Gasteiger partial charge in [-0.25, -0.2) is 14.8 Å². The molecule has 2 aromatic rings. The third kappa shape index (κ3) is 2.72. The average molecular weight is 269 g/mol. The van der Waals surface area contributed by atoms with Crippen LogP contribution in [-0.2, 0) is 0 Å². The zero-order valence-electron chi connectivity index (χ0n) is 8.39. The van der Waals surface area contributed by atoms with Crippen molar-refractivity contribution in [3.63, 3.8) is 0 Å². The molecule has 1 aromatic heterocycles. The summed E-state index contributed by atoms with van der Waals surface area (Å²) in [4.78, 5) is 18.5. The molecular formula is C11H6Cl2N2O2. The molecule has 2 rings (SSSR count). The Bertz CT molecular complexity index is 567. The highest BCUT2D eigenvalue weighted by molar-refractivity contribution is 6.32. The number of carboxylic acid groups (broad SMARTS) is 1. The third-order valence-corrected chi connectivity index (χ3v) is 2.44. The SMILES string of the molecule is O=C(O)c1cccc(-c2cc(Cl)nc(Cl)n2)c1. The molecule has 4 nitrogen and oxygen atoms in total. The van der Waals surface area contributed by atoms with E-state index in [4.69, 9.17) is 28.3 Å². The molecule has 0 bridgehead atoms. The van der Waals surface area contributed by atoms with E-state index in [9.17, 15) is 4.79 Å². The number of hydrogen-bond acceptors (Lipinski definition) is 3. The van der Waals surface area contributed by atoms with Crippen molar-refractivity contribution < 1.29 is 9.90 Å². The third-order valence-electron chi connectivity index (χ3n) is 2.07. The van der Waals surface area contributed by atoms with E-state index in [1.165, 1.54) is 18.2 Å². The standard InChI is InChI=1S/C11H6Cl2N2O2/c12-9-5-8(14-11(13)15-9)6-2-1-3-7(4-6)10(16)17/h1-5H,(H,16,17). The predicted octanol–water partition coefficient (Wildman–Crippen LogP) is 3.15. The minimum absolute atomic E-state index is 0.0215. The van der Waals surface area contributed by atoms with E-state index in [-0.39, 0.29) is 16.0 Å². The van der Waals surface area contributed by atoms with Gasteiger partial charge in [0.25, 0.3) is 0 Å². The van der Waals surface area contributed by atoms with E-state index < -0.39 is 5.97 Å². The number of carboxylic acids is 1. The van der Waals surface area contributed by atoms with Gasteiger partial charge in [-0.3, -0.25) is 0 Å². The molecule has 6 heteroatoms. The first-order chi connectivity index (χ1) is 8.06. The minimum atomic E-state index is -1.00. The first-order valence-corrected chi connectivity index (χ1v) is 5.35. The number of aromatic nitrogens is 2. The lowest BCUT2D eigenvalue weighted by atomic mass is 10.1. The topological polar surface area (TPSA) is 63.1 Å². The molecule has 0 aliphatic heterocycles. The molecule has 0 saturated heterocycles. The zero-order valence-corrected chi connectivity index (χ0v) is 9.90. The second-order valence-corrected chi connectivity index (χ2v) is 3.96. The van der Waals surface area contributed by atoms with Gasteiger partial charge in [-0.2, -0.15) is 0 Å². The number of nitrogens with zero attached hydrogens (tertiary/aromatic N) is 2. The predicted molar refractivity (Wildman–Crippen MR) is 64.4 cm³/mol. The van der Waals surface area contributed by atoms with Gasteiger partial charge < -0.3 is 5.11 Å². The Labute approximate surface area is 107 Å². The molecule has 17 heavy (non-hydrogen) atoms. The number of aromatic carboxylic acids is 1. The van der Waals surface area contributed by atoms with E-state index in [0.29, 0.717) is 11.3 Å². The molecule has 0 amide bonds. The Morgan fingerprint density at radius 2 is 1.94 bits per heavy atom. The van der Waals surface area contributed by atoms with Crippen LogP contribution in [0, 0.1) is 0 Å². The maximum Gasteiger partial charge on any atom is 0.335 e. The molecule has 0 aliphatic carbocycles. The van der Waals surface area contributed by atoms with Crippen LogP contribution < -0.4 is 0 Å². The van der Waals surface area contributed by atoms with Crippen molar-refractivity contribution in [2.75, 3.05) is 0 Å². The number of carbonyl (C=O) groups is 1. The second kappa shape index (κ2) is 4.69. The summed E-state index contributed by atoms with van der Waals surface area (Å²) in [6.07, 6.45) is 0. The van der Waals surface area contributed by atoms with Crippen molar-refractivity contribution in [1.29, 1.82) is 0 Å². The first kappa shape index (κ1) is 11.8. The summed E-state index contributed by atoms with van der Waals surface area (Å²) in [5, 5.41) is 9.11. The molecule has 1 aromatic carbocycles. The van der Waals surface area contributed by atoms with Crippen LogP contribution in [0.15, 0.2) is 30.3 Å². The van der Waals surface area contributed by atoms with Crippen LogP contribution >= 0.6 is 23.2 Å². The molecule has 0 radical (unpaired) electrons. The van der Waals surface area contributed by atoms with E-state index in [1.807, 2.05) is 0 Å². The van der Waals surface area contributed by atoms with E-state index >= 15 is 0 Å². The number of rotatable bonds is 2. The Kier molecular flexibility index (Phi) is 3.26. The van der Waals surface area contributed by atoms with Crippen molar-refractivity contribution in [2.45, 2.75) is 0 Å². The maximum absolute atomic E-state index is 10.8. The van der Waals surface area contributed by atoms with Gasteiger partial charge in [0.2, 0.25) is 5.28 Å². The number of benzene rings is 1. The summed E-state index contributed by atoms with van der Waals surface area (Å²) < 4.78 is 0. The minimum Gasteiger partial charge on any atom is -0.478 e. The number of halogens is 2. The van der Waals surface area contributed by atoms with Crippen LogP contribution in [0.5, 0.6) is 0 Å². The van der Waals surface area contributed by atoms with Gasteiger partial charge in [0.1, 0.15) is 5.15 Å². The molecule has 0 aliphatic rings. The Balaban J connectivity index is 2.52. The van der Waals surface area contributed by atoms with Gasteiger partial charge in [-0.1, -0.05) is 23.7 Å². The van der Waals surface area contributed by atoms with E-state index in [0.717, 1.165) is 0 Å². The van der Waals surface area contributed by atoms with Crippen molar-refractivity contribution in [3.8, 4) is 11.3 Å². The largest absolute Gasteiger partial charge is 0.478 e. The summed E-state index contributed by atoms with van der Waals surface area (Å²) in [6, 6.07) is 7.87. The van der Waals surface area contributed by atoms with Crippen LogP contribution in [0.2, 0.25) is 10.4 Å². The van der Waals surface area contributed by atoms with Crippen molar-refractivity contribution in [1.82, 2.24) is 9.97 Å². The Morgan fingerprint density at radius 1 is 1.18 bits per heavy atom. The molecule has 0 saturated carbocycles. The summed E-state index contributed by atoms with van der Waals surface area (Å²) in [6.45, 7) is 0. The van der Waals surface area contributed by atoms with Crippen LogP contribution in [0.25, 0.3) is 11.3 Å². The van der Waals surface area contributed by atoms with Gasteiger partial charge in [-0.15, -0.1) is 0 Å². The number of hydrogen-bond donors (Lipinski definition) is 1. The van der Waals surface area contributed by atoms with Crippen LogP contribution in [-0.4, -0.2) is 21.0 Å². The molecule has 86 valence electrons. The fourth-order valence-electron chi connectivity index (χ4n) is 1.35. The monoisotopic (exact) mass is 268 g/mol. The van der Waals surface area contributed by atoms with Gasteiger partial charge in [0.15, 0.2) is 0 Å². The summed E-state index contributed by atoms with van der Waals surface area (Å²) in [7, 11) is 0. The van der Waals surface area contributed by atoms with E-state index in [1.54, 1.807) is 12.1 Å². The summed E-state index contributed by atoms with van der Waals surface area (Å²) in [5.74, 6) is -1.00. The molecule has 0 atom stereocenters. The highest BCUT2D eigenvalue weighted by Crippen LogP contribution is 2.22. The molecule has 0 unspecified atom stereocenters. The van der Waals surface area contributed by atoms with Gasteiger partial charge >= 0.3 is 5.97 Å². The Morgan fingerprint density at radius 3 is 2.59 bits per heavy atom. The quantitative estimate of drug-likeness (QED) is 0.671. The molecule has 0 fully saturated rings. The van der Waals surface area contributed by atoms with Crippen molar-refractivity contribution in [3.05, 3.63) is 46.3 Å². The van der Waals surface area contributed by atoms with E-state index in [2.05, 4.69) is 9.97 Å². The second-order valence-electron chi connectivity index (χ2n) is 3.23.